The molecule has 186 valence electrons. The number of hydrogen-bond donors (Lipinski definition) is 1. The predicted molar refractivity (Wildman–Crippen MR) is 154 cm³/mol. The van der Waals surface area contributed by atoms with Gasteiger partial charge in [0.1, 0.15) is 4.70 Å². The first-order valence-corrected chi connectivity index (χ1v) is 14.0. The molecule has 1 N–H and O–H groups in total. The summed E-state index contributed by atoms with van der Waals surface area (Å²) < 4.78 is 4.38. The minimum absolute atomic E-state index is 0.0739. The molecule has 0 aliphatic carbocycles. The fourth-order valence-corrected chi connectivity index (χ4v) is 6.21. The summed E-state index contributed by atoms with van der Waals surface area (Å²) in [7, 11) is 0. The lowest BCUT2D eigenvalue weighted by Crippen LogP contribution is -2.26. The SMILES string of the molecule is Cc1ccccc1-n1c(=S)sc2c(=O)n(-c3ccccc3)c(SCC(=O)NCc3ccccc3Cl)nc21. The third-order valence-corrected chi connectivity index (χ3v) is 8.37. The van der Waals surface area contributed by atoms with Crippen molar-refractivity contribution in [1.82, 2.24) is 19.4 Å². The molecule has 2 aromatic heterocycles. The van der Waals surface area contributed by atoms with Gasteiger partial charge < -0.3 is 5.32 Å². The maximum Gasteiger partial charge on any atom is 0.278 e. The number of thiazole rings is 1. The second kappa shape index (κ2) is 11.0. The molecule has 0 radical (unpaired) electrons. The number of halogens is 1. The number of para-hydroxylation sites is 2. The summed E-state index contributed by atoms with van der Waals surface area (Å²) in [4.78, 5) is 31.4. The summed E-state index contributed by atoms with van der Waals surface area (Å²) in [5.74, 6) is -0.121. The Bertz CT molecular complexity index is 1730. The van der Waals surface area contributed by atoms with Crippen molar-refractivity contribution in [3.8, 4) is 11.4 Å². The maximum atomic E-state index is 13.8. The predicted octanol–water partition coefficient (Wildman–Crippen LogP) is 6.34. The molecular weight excluding hydrogens is 544 g/mol. The zero-order valence-corrected chi connectivity index (χ0v) is 22.9. The van der Waals surface area contributed by atoms with Gasteiger partial charge >= 0.3 is 0 Å². The Morgan fingerprint density at radius 1 is 1.03 bits per heavy atom. The van der Waals surface area contributed by atoms with E-state index in [0.29, 0.717) is 36.7 Å². The van der Waals surface area contributed by atoms with Crippen molar-refractivity contribution in [3.63, 3.8) is 0 Å². The highest BCUT2D eigenvalue weighted by atomic mass is 35.5. The van der Waals surface area contributed by atoms with Crippen LogP contribution in [0.15, 0.2) is 88.8 Å². The molecule has 10 heteroatoms. The lowest BCUT2D eigenvalue weighted by atomic mass is 10.2. The summed E-state index contributed by atoms with van der Waals surface area (Å²) in [5.41, 5.74) is 3.65. The Labute approximate surface area is 231 Å². The third-order valence-electron chi connectivity index (χ3n) is 5.71. The van der Waals surface area contributed by atoms with Crippen LogP contribution in [0, 0.1) is 10.9 Å². The molecule has 5 aromatic rings. The molecule has 1 amide bonds. The van der Waals surface area contributed by atoms with Gasteiger partial charge in [-0.15, -0.1) is 0 Å². The van der Waals surface area contributed by atoms with E-state index in [1.54, 1.807) is 10.6 Å². The number of fused-ring (bicyclic) bond motifs is 1. The van der Waals surface area contributed by atoms with Gasteiger partial charge in [0.15, 0.2) is 14.8 Å². The zero-order chi connectivity index (χ0) is 25.9. The van der Waals surface area contributed by atoms with Crippen molar-refractivity contribution in [2.45, 2.75) is 18.6 Å². The maximum absolute atomic E-state index is 13.8. The fraction of sp³-hybridized carbons (Fsp3) is 0.111. The van der Waals surface area contributed by atoms with Crippen molar-refractivity contribution in [3.05, 3.63) is 109 Å². The van der Waals surface area contributed by atoms with Crippen molar-refractivity contribution in [2.24, 2.45) is 0 Å². The largest absolute Gasteiger partial charge is 0.351 e. The van der Waals surface area contributed by atoms with Crippen molar-refractivity contribution in [2.75, 3.05) is 5.75 Å². The molecule has 37 heavy (non-hydrogen) atoms. The van der Waals surface area contributed by atoms with Crippen molar-refractivity contribution >= 4 is 63.2 Å². The number of nitrogens with one attached hydrogen (secondary N) is 1. The van der Waals surface area contributed by atoms with E-state index in [-0.39, 0.29) is 17.2 Å². The third kappa shape index (κ3) is 5.26. The summed E-state index contributed by atoms with van der Waals surface area (Å²) in [6.45, 7) is 2.30. The standard InChI is InChI=1S/C27H21ClN4O2S3/c1-17-9-5-8-14-21(17)32-24-23(37-27(32)35)25(34)31(19-11-3-2-4-12-19)26(30-24)36-16-22(33)29-15-18-10-6-7-13-20(18)28/h2-14H,15-16H2,1H3,(H,29,33). The summed E-state index contributed by atoms with van der Waals surface area (Å²) >= 11 is 14.3. The molecule has 0 fully saturated rings. The first-order valence-electron chi connectivity index (χ1n) is 11.4. The van der Waals surface area contributed by atoms with Gasteiger partial charge in [-0.05, 0) is 54.5 Å². The highest BCUT2D eigenvalue weighted by Crippen LogP contribution is 2.28. The first kappa shape index (κ1) is 25.4. The van der Waals surface area contributed by atoms with E-state index in [0.717, 1.165) is 16.8 Å². The minimum atomic E-state index is -0.224. The Morgan fingerprint density at radius 2 is 1.73 bits per heavy atom. The van der Waals surface area contributed by atoms with E-state index in [4.69, 9.17) is 28.8 Å². The van der Waals surface area contributed by atoms with E-state index in [1.165, 1.54) is 23.1 Å². The van der Waals surface area contributed by atoms with E-state index in [9.17, 15) is 9.59 Å². The topological polar surface area (TPSA) is 68.9 Å². The normalized spacial score (nSPS) is 11.1. The Kier molecular flexibility index (Phi) is 7.57. The average Bonchev–Trinajstić information content (AvgIpc) is 3.23. The van der Waals surface area contributed by atoms with E-state index < -0.39 is 0 Å². The van der Waals surface area contributed by atoms with Crippen LogP contribution in [0.5, 0.6) is 0 Å². The molecule has 5 rings (SSSR count). The molecule has 0 aliphatic heterocycles. The first-order chi connectivity index (χ1) is 17.9. The zero-order valence-electron chi connectivity index (χ0n) is 19.7. The Balaban J connectivity index is 1.54. The molecule has 2 heterocycles. The highest BCUT2D eigenvalue weighted by molar-refractivity contribution is 7.99. The van der Waals surface area contributed by atoms with E-state index >= 15 is 0 Å². The van der Waals surface area contributed by atoms with Crippen molar-refractivity contribution in [1.29, 1.82) is 0 Å². The van der Waals surface area contributed by atoms with E-state index in [1.807, 2.05) is 84.3 Å². The summed E-state index contributed by atoms with van der Waals surface area (Å²) in [6.07, 6.45) is 0. The molecular formula is C27H21ClN4O2S3. The van der Waals surface area contributed by atoms with Gasteiger partial charge in [0, 0.05) is 11.6 Å². The van der Waals surface area contributed by atoms with Gasteiger partial charge in [-0.1, -0.05) is 89.3 Å². The summed E-state index contributed by atoms with van der Waals surface area (Å²) in [5, 5.41) is 3.90. The Morgan fingerprint density at radius 3 is 2.49 bits per heavy atom. The number of rotatable bonds is 7. The highest BCUT2D eigenvalue weighted by Gasteiger charge is 2.20. The lowest BCUT2D eigenvalue weighted by Gasteiger charge is -2.13. The average molecular weight is 565 g/mol. The number of benzene rings is 3. The lowest BCUT2D eigenvalue weighted by molar-refractivity contribution is -0.118. The Hall–Kier alpha value is -3.24. The van der Waals surface area contributed by atoms with E-state index in [2.05, 4.69) is 5.32 Å². The molecule has 0 spiro atoms. The monoisotopic (exact) mass is 564 g/mol. The van der Waals surface area contributed by atoms with Gasteiger partial charge in [-0.2, -0.15) is 0 Å². The van der Waals surface area contributed by atoms with Crippen LogP contribution in [-0.4, -0.2) is 25.8 Å². The van der Waals surface area contributed by atoms with Crippen LogP contribution >= 0.6 is 46.9 Å². The number of hydrogen-bond acceptors (Lipinski definition) is 6. The molecule has 0 aliphatic rings. The van der Waals surface area contributed by atoms with Crippen LogP contribution in [0.4, 0.5) is 0 Å². The van der Waals surface area contributed by atoms with Crippen LogP contribution < -0.4 is 10.9 Å². The number of aryl methyl sites for hydroxylation is 1. The van der Waals surface area contributed by atoms with Crippen LogP contribution in [0.3, 0.4) is 0 Å². The smallest absolute Gasteiger partial charge is 0.278 e. The second-order valence-electron chi connectivity index (χ2n) is 8.17. The van der Waals surface area contributed by atoms with Gasteiger partial charge in [-0.25, -0.2) is 4.98 Å². The number of aromatic nitrogens is 3. The van der Waals surface area contributed by atoms with Gasteiger partial charge in [-0.3, -0.25) is 18.7 Å². The summed E-state index contributed by atoms with van der Waals surface area (Å²) in [6, 6.07) is 24.5. The molecule has 0 saturated heterocycles. The molecule has 3 aromatic carbocycles. The molecule has 0 unspecified atom stereocenters. The van der Waals surface area contributed by atoms with Crippen LogP contribution in [0.2, 0.25) is 5.02 Å². The van der Waals surface area contributed by atoms with Crippen LogP contribution in [0.25, 0.3) is 21.7 Å². The number of amides is 1. The number of nitrogens with zero attached hydrogens (tertiary/aromatic N) is 3. The number of carbonyl (C=O) groups excluding carboxylic acids is 1. The van der Waals surface area contributed by atoms with Crippen LogP contribution in [-0.2, 0) is 11.3 Å². The quantitative estimate of drug-likeness (QED) is 0.142. The number of thioether (sulfide) groups is 1. The van der Waals surface area contributed by atoms with Crippen molar-refractivity contribution < 1.29 is 4.79 Å². The molecule has 0 atom stereocenters. The molecule has 0 bridgehead atoms. The van der Waals surface area contributed by atoms with Gasteiger partial charge in [0.05, 0.1) is 17.1 Å². The minimum Gasteiger partial charge on any atom is -0.351 e. The van der Waals surface area contributed by atoms with Gasteiger partial charge in [0.2, 0.25) is 5.91 Å². The second-order valence-corrected chi connectivity index (χ2v) is 11.2. The van der Waals surface area contributed by atoms with Gasteiger partial charge in [0.25, 0.3) is 5.56 Å². The molecule has 0 saturated carbocycles. The number of carbonyl (C=O) groups is 1. The fourth-order valence-electron chi connectivity index (χ4n) is 3.88. The van der Waals surface area contributed by atoms with Crippen LogP contribution in [0.1, 0.15) is 11.1 Å². The molecule has 6 nitrogen and oxygen atoms in total.